The Balaban J connectivity index is 2.01. The molecule has 0 saturated heterocycles. The Kier molecular flexibility index (Phi) is 4.40. The molecule has 0 aromatic heterocycles. The van der Waals surface area contributed by atoms with Gasteiger partial charge in [0.1, 0.15) is 0 Å². The summed E-state index contributed by atoms with van der Waals surface area (Å²) >= 11 is 0. The van der Waals surface area contributed by atoms with Gasteiger partial charge in [0.25, 0.3) is 0 Å². The maximum atomic E-state index is 5.18. The van der Waals surface area contributed by atoms with Gasteiger partial charge in [-0.15, -0.1) is 0 Å². The second-order valence-corrected chi connectivity index (χ2v) is 4.61. The maximum Gasteiger partial charge on any atom is 0.0637 e. The van der Waals surface area contributed by atoms with Crippen LogP contribution in [0.25, 0.3) is 0 Å². The highest BCUT2D eigenvalue weighted by Crippen LogP contribution is 2.31. The first-order valence-corrected chi connectivity index (χ1v) is 6.34. The van der Waals surface area contributed by atoms with Crippen LogP contribution in [0.1, 0.15) is 18.4 Å². The lowest BCUT2D eigenvalue weighted by Gasteiger charge is -2.24. The van der Waals surface area contributed by atoms with Crippen LogP contribution in [0.3, 0.4) is 0 Å². The molecule has 0 spiro atoms. The fourth-order valence-electron chi connectivity index (χ4n) is 2.11. The first-order chi connectivity index (χ1) is 8.35. The Labute approximate surface area is 104 Å². The van der Waals surface area contributed by atoms with Crippen molar-refractivity contribution in [1.29, 1.82) is 0 Å². The molecule has 0 unspecified atom stereocenters. The van der Waals surface area contributed by atoms with Gasteiger partial charge < -0.3 is 15.0 Å². The second kappa shape index (κ2) is 6.03. The number of hydrogen-bond donors (Lipinski definition) is 1. The van der Waals surface area contributed by atoms with Crippen LogP contribution in [0.4, 0.5) is 5.69 Å². The number of rotatable bonds is 7. The lowest BCUT2D eigenvalue weighted by atomic mass is 10.2. The van der Waals surface area contributed by atoms with Gasteiger partial charge in [0.15, 0.2) is 0 Å². The summed E-state index contributed by atoms with van der Waals surface area (Å²) in [5, 5.41) is 3.17. The molecule has 0 radical (unpaired) electrons. The van der Waals surface area contributed by atoms with Crippen LogP contribution in [-0.4, -0.2) is 33.4 Å². The molecular formula is C14H22N2O. The van der Waals surface area contributed by atoms with E-state index in [0.717, 1.165) is 25.7 Å². The quantitative estimate of drug-likeness (QED) is 0.781. The Morgan fingerprint density at radius 3 is 2.53 bits per heavy atom. The van der Waals surface area contributed by atoms with Crippen molar-refractivity contribution in [2.75, 3.05) is 32.2 Å². The van der Waals surface area contributed by atoms with Crippen molar-refractivity contribution < 1.29 is 4.74 Å². The lowest BCUT2D eigenvalue weighted by Crippen LogP contribution is -2.29. The fourth-order valence-corrected chi connectivity index (χ4v) is 2.11. The summed E-state index contributed by atoms with van der Waals surface area (Å²) in [6.45, 7) is 2.73. The minimum Gasteiger partial charge on any atom is -0.383 e. The molecule has 0 heterocycles. The van der Waals surface area contributed by atoms with Crippen molar-refractivity contribution in [2.24, 2.45) is 0 Å². The third kappa shape index (κ3) is 3.45. The molecule has 3 heteroatoms. The van der Waals surface area contributed by atoms with Crippen molar-refractivity contribution in [1.82, 2.24) is 5.32 Å². The molecule has 0 bridgehead atoms. The topological polar surface area (TPSA) is 24.5 Å². The minimum absolute atomic E-state index is 0.736. The van der Waals surface area contributed by atoms with Gasteiger partial charge in [0.2, 0.25) is 0 Å². The molecule has 0 atom stereocenters. The van der Waals surface area contributed by atoms with E-state index >= 15 is 0 Å². The Morgan fingerprint density at radius 1 is 1.29 bits per heavy atom. The Morgan fingerprint density at radius 2 is 2.00 bits per heavy atom. The van der Waals surface area contributed by atoms with Gasteiger partial charge in [0.05, 0.1) is 6.61 Å². The molecular weight excluding hydrogens is 212 g/mol. The number of ether oxygens (including phenoxy) is 1. The molecule has 3 nitrogen and oxygen atoms in total. The van der Waals surface area contributed by atoms with Gasteiger partial charge in [0, 0.05) is 31.9 Å². The molecule has 17 heavy (non-hydrogen) atoms. The molecule has 1 aliphatic carbocycles. The maximum absolute atomic E-state index is 5.18. The molecule has 1 aromatic carbocycles. The number of methoxy groups -OCH3 is 1. The second-order valence-electron chi connectivity index (χ2n) is 4.61. The van der Waals surface area contributed by atoms with E-state index in [2.05, 4.69) is 34.5 Å². The van der Waals surface area contributed by atoms with E-state index in [0.29, 0.717) is 0 Å². The summed E-state index contributed by atoms with van der Waals surface area (Å²) in [6.07, 6.45) is 2.64. The van der Waals surface area contributed by atoms with Crippen molar-refractivity contribution in [3.05, 3.63) is 29.8 Å². The summed E-state index contributed by atoms with van der Waals surface area (Å²) in [6, 6.07) is 9.59. The monoisotopic (exact) mass is 234 g/mol. The lowest BCUT2D eigenvalue weighted by molar-refractivity contribution is 0.205. The third-order valence-corrected chi connectivity index (χ3v) is 3.17. The smallest absolute Gasteiger partial charge is 0.0637 e. The van der Waals surface area contributed by atoms with Gasteiger partial charge in [-0.2, -0.15) is 0 Å². The zero-order valence-electron chi connectivity index (χ0n) is 10.8. The van der Waals surface area contributed by atoms with Crippen molar-refractivity contribution >= 4 is 5.69 Å². The van der Waals surface area contributed by atoms with Gasteiger partial charge in [-0.1, -0.05) is 12.1 Å². The van der Waals surface area contributed by atoms with Gasteiger partial charge in [-0.05, 0) is 37.6 Å². The third-order valence-electron chi connectivity index (χ3n) is 3.17. The summed E-state index contributed by atoms with van der Waals surface area (Å²) in [5.41, 5.74) is 2.66. The van der Waals surface area contributed by atoms with E-state index in [1.165, 1.54) is 24.1 Å². The molecule has 2 rings (SSSR count). The van der Waals surface area contributed by atoms with Crippen LogP contribution in [0.15, 0.2) is 24.3 Å². The summed E-state index contributed by atoms with van der Waals surface area (Å²) < 4.78 is 5.18. The van der Waals surface area contributed by atoms with E-state index in [4.69, 9.17) is 4.74 Å². The molecule has 1 aromatic rings. The standard InChI is InChI=1S/C14H22N2O/c1-15-11-12-3-5-13(6-4-12)16(9-10-17-2)14-7-8-14/h3-6,14-15H,7-11H2,1-2H3. The normalized spacial score (nSPS) is 14.9. The summed E-state index contributed by atoms with van der Waals surface area (Å²) in [7, 11) is 3.74. The Bertz CT molecular complexity index is 333. The summed E-state index contributed by atoms with van der Waals surface area (Å²) in [4.78, 5) is 2.46. The minimum atomic E-state index is 0.736. The average molecular weight is 234 g/mol. The van der Waals surface area contributed by atoms with E-state index < -0.39 is 0 Å². The van der Waals surface area contributed by atoms with Gasteiger partial charge in [-0.3, -0.25) is 0 Å². The van der Waals surface area contributed by atoms with Crippen molar-refractivity contribution in [3.63, 3.8) is 0 Å². The SMILES string of the molecule is CNCc1ccc(N(CCOC)C2CC2)cc1. The largest absolute Gasteiger partial charge is 0.383 e. The fraction of sp³-hybridized carbons (Fsp3) is 0.571. The molecule has 1 aliphatic rings. The Hall–Kier alpha value is -1.06. The average Bonchev–Trinajstić information content (AvgIpc) is 3.16. The highest BCUT2D eigenvalue weighted by molar-refractivity contribution is 5.49. The van der Waals surface area contributed by atoms with Crippen molar-refractivity contribution in [3.8, 4) is 0 Å². The number of hydrogen-bond acceptors (Lipinski definition) is 3. The summed E-state index contributed by atoms with van der Waals surface area (Å²) in [5.74, 6) is 0. The predicted octanol–water partition coefficient (Wildman–Crippen LogP) is 2.02. The van der Waals surface area contributed by atoms with Crippen molar-refractivity contribution in [2.45, 2.75) is 25.4 Å². The zero-order chi connectivity index (χ0) is 12.1. The van der Waals surface area contributed by atoms with Crippen LogP contribution < -0.4 is 10.2 Å². The van der Waals surface area contributed by atoms with Gasteiger partial charge >= 0.3 is 0 Å². The van der Waals surface area contributed by atoms with Crippen LogP contribution in [0.5, 0.6) is 0 Å². The molecule has 1 N–H and O–H groups in total. The molecule has 0 amide bonds. The molecule has 94 valence electrons. The first kappa shape index (κ1) is 12.4. The van der Waals surface area contributed by atoms with Gasteiger partial charge in [-0.25, -0.2) is 0 Å². The van der Waals surface area contributed by atoms with Crippen LogP contribution in [0.2, 0.25) is 0 Å². The number of anilines is 1. The molecule has 1 fully saturated rings. The van der Waals surface area contributed by atoms with Crippen LogP contribution >= 0.6 is 0 Å². The number of benzene rings is 1. The molecule has 0 aliphatic heterocycles. The molecule has 1 saturated carbocycles. The zero-order valence-corrected chi connectivity index (χ0v) is 10.8. The van der Waals surface area contributed by atoms with E-state index in [1.54, 1.807) is 7.11 Å². The van der Waals surface area contributed by atoms with Crippen LogP contribution in [0, 0.1) is 0 Å². The van der Waals surface area contributed by atoms with E-state index in [1.807, 2.05) is 7.05 Å². The van der Waals surface area contributed by atoms with Crippen LogP contribution in [-0.2, 0) is 11.3 Å². The highest BCUT2D eigenvalue weighted by Gasteiger charge is 2.28. The number of nitrogens with zero attached hydrogens (tertiary/aromatic N) is 1. The van der Waals surface area contributed by atoms with E-state index in [-0.39, 0.29) is 0 Å². The van der Waals surface area contributed by atoms with E-state index in [9.17, 15) is 0 Å². The highest BCUT2D eigenvalue weighted by atomic mass is 16.5. The first-order valence-electron chi connectivity index (χ1n) is 6.34. The number of nitrogens with one attached hydrogen (secondary N) is 1. The predicted molar refractivity (Wildman–Crippen MR) is 71.4 cm³/mol.